The average molecular weight is 942 g/mol. The van der Waals surface area contributed by atoms with Gasteiger partial charge in [-0.2, -0.15) is 0 Å². The summed E-state index contributed by atoms with van der Waals surface area (Å²) in [6, 6.07) is 86.0. The van der Waals surface area contributed by atoms with Crippen LogP contribution in [-0.4, -0.2) is 0 Å². The topological polar surface area (TPSA) is 3.24 Å². The van der Waals surface area contributed by atoms with Gasteiger partial charge < -0.3 is 4.90 Å². The zero-order valence-corrected chi connectivity index (χ0v) is 42.5. The number of fused-ring (bicyclic) bond motifs is 19. The molecule has 2 spiro atoms. The molecule has 346 valence electrons. The van der Waals surface area contributed by atoms with Crippen LogP contribution in [0.1, 0.15) is 97.2 Å². The Kier molecular flexibility index (Phi) is 9.25. The van der Waals surface area contributed by atoms with E-state index in [1.807, 2.05) is 11.8 Å². The van der Waals surface area contributed by atoms with Crippen LogP contribution in [0.25, 0.3) is 44.5 Å². The van der Waals surface area contributed by atoms with Gasteiger partial charge in [0.15, 0.2) is 0 Å². The van der Waals surface area contributed by atoms with Gasteiger partial charge in [-0.3, -0.25) is 0 Å². The fourth-order valence-corrected chi connectivity index (χ4v) is 14.3. The van der Waals surface area contributed by atoms with Gasteiger partial charge in [0.1, 0.15) is 0 Å². The van der Waals surface area contributed by atoms with E-state index in [-0.39, 0.29) is 10.8 Å². The summed E-state index contributed by atoms with van der Waals surface area (Å²) < 4.78 is 0. The first kappa shape index (κ1) is 43.2. The lowest BCUT2D eigenvalue weighted by molar-refractivity contribution is 0.581. The van der Waals surface area contributed by atoms with Crippen molar-refractivity contribution in [2.24, 2.45) is 0 Å². The third-order valence-corrected chi connectivity index (χ3v) is 17.6. The van der Waals surface area contributed by atoms with E-state index in [1.165, 1.54) is 110 Å². The molecule has 2 heteroatoms. The van der Waals surface area contributed by atoms with Crippen molar-refractivity contribution in [3.8, 4) is 44.5 Å². The van der Waals surface area contributed by atoms with Gasteiger partial charge in [0.25, 0.3) is 0 Å². The molecule has 4 aliphatic rings. The van der Waals surface area contributed by atoms with Gasteiger partial charge >= 0.3 is 0 Å². The summed E-state index contributed by atoms with van der Waals surface area (Å²) in [5.74, 6) is 0. The van der Waals surface area contributed by atoms with Crippen molar-refractivity contribution in [1.82, 2.24) is 0 Å². The first-order valence-corrected chi connectivity index (χ1v) is 26.4. The van der Waals surface area contributed by atoms with Gasteiger partial charge in [-0.05, 0) is 148 Å². The Morgan fingerprint density at radius 2 is 0.667 bits per heavy atom. The minimum Gasteiger partial charge on any atom is -0.310 e. The van der Waals surface area contributed by atoms with Crippen LogP contribution in [0.3, 0.4) is 0 Å². The summed E-state index contributed by atoms with van der Waals surface area (Å²) in [4.78, 5) is 5.21. The molecule has 0 unspecified atom stereocenters. The monoisotopic (exact) mass is 941 g/mol. The summed E-state index contributed by atoms with van der Waals surface area (Å²) in [5, 5.41) is 0. The molecule has 1 aliphatic heterocycles. The molecule has 0 radical (unpaired) electrons. The van der Waals surface area contributed by atoms with Gasteiger partial charge in [-0.1, -0.05) is 235 Å². The third-order valence-electron chi connectivity index (χ3n) is 16.5. The summed E-state index contributed by atoms with van der Waals surface area (Å²) in [6.07, 6.45) is 0. The number of benzene rings is 10. The molecule has 72 heavy (non-hydrogen) atoms. The van der Waals surface area contributed by atoms with E-state index in [2.05, 4.69) is 271 Å². The molecule has 3 aliphatic carbocycles. The highest BCUT2D eigenvalue weighted by Gasteiger charge is 2.53. The molecule has 14 rings (SSSR count). The second kappa shape index (κ2) is 15.4. The maximum Gasteiger partial charge on any atom is 0.0736 e. The van der Waals surface area contributed by atoms with Crippen molar-refractivity contribution < 1.29 is 0 Å². The Balaban J connectivity index is 1.08. The number of para-hydroxylation sites is 1. The fraction of sp³-hybridized carbons (Fsp3) is 0.143. The van der Waals surface area contributed by atoms with Gasteiger partial charge in [0.05, 0.1) is 16.5 Å². The van der Waals surface area contributed by atoms with Crippen molar-refractivity contribution in [2.45, 2.75) is 73.0 Å². The van der Waals surface area contributed by atoms with Crippen LogP contribution in [0.4, 0.5) is 17.1 Å². The predicted octanol–water partition coefficient (Wildman–Crippen LogP) is 18.6. The van der Waals surface area contributed by atoms with E-state index in [0.717, 1.165) is 17.1 Å². The molecule has 0 amide bonds. The van der Waals surface area contributed by atoms with Crippen molar-refractivity contribution in [1.29, 1.82) is 0 Å². The molecule has 0 N–H and O–H groups in total. The largest absolute Gasteiger partial charge is 0.310 e. The van der Waals surface area contributed by atoms with Crippen LogP contribution in [0.15, 0.2) is 234 Å². The van der Waals surface area contributed by atoms with Gasteiger partial charge in [-0.15, -0.1) is 0 Å². The fourth-order valence-electron chi connectivity index (χ4n) is 13.2. The molecule has 0 fully saturated rings. The highest BCUT2D eigenvalue weighted by atomic mass is 32.2. The Hall–Kier alpha value is -7.65. The van der Waals surface area contributed by atoms with Crippen LogP contribution in [0.2, 0.25) is 0 Å². The normalized spacial score (nSPS) is 14.7. The van der Waals surface area contributed by atoms with Crippen LogP contribution in [0.5, 0.6) is 0 Å². The van der Waals surface area contributed by atoms with E-state index in [9.17, 15) is 0 Å². The van der Waals surface area contributed by atoms with E-state index in [1.54, 1.807) is 0 Å². The minimum atomic E-state index is -0.577. The Labute approximate surface area is 428 Å². The van der Waals surface area contributed by atoms with Gasteiger partial charge in [-0.25, -0.2) is 0 Å². The lowest BCUT2D eigenvalue weighted by atomic mass is 9.65. The lowest BCUT2D eigenvalue weighted by Crippen LogP contribution is -2.33. The zero-order valence-electron chi connectivity index (χ0n) is 41.7. The third kappa shape index (κ3) is 5.91. The average Bonchev–Trinajstić information content (AvgIpc) is 3.98. The van der Waals surface area contributed by atoms with Crippen LogP contribution in [0, 0.1) is 0 Å². The van der Waals surface area contributed by atoms with Crippen molar-refractivity contribution in [2.75, 3.05) is 4.90 Å². The van der Waals surface area contributed by atoms with Gasteiger partial charge in [0, 0.05) is 26.7 Å². The second-order valence-corrected chi connectivity index (χ2v) is 23.5. The van der Waals surface area contributed by atoms with Gasteiger partial charge in [0.2, 0.25) is 0 Å². The smallest absolute Gasteiger partial charge is 0.0736 e. The van der Waals surface area contributed by atoms with Crippen LogP contribution in [-0.2, 0) is 21.7 Å². The number of nitrogens with zero attached hydrogens (tertiary/aromatic N) is 1. The summed E-state index contributed by atoms with van der Waals surface area (Å²) in [7, 11) is 0. The second-order valence-electron chi connectivity index (χ2n) is 22.4. The zero-order chi connectivity index (χ0) is 48.7. The van der Waals surface area contributed by atoms with E-state index in [0.29, 0.717) is 0 Å². The number of anilines is 3. The summed E-state index contributed by atoms with van der Waals surface area (Å²) in [6.45, 7) is 14.1. The first-order valence-electron chi connectivity index (χ1n) is 25.6. The van der Waals surface area contributed by atoms with Crippen molar-refractivity contribution in [3.05, 3.63) is 280 Å². The minimum absolute atomic E-state index is 0.0416. The number of rotatable bonds is 4. The molecule has 0 atom stereocenters. The molecular weight excluding hydrogens is 887 g/mol. The molecule has 0 aromatic heterocycles. The number of hydrogen-bond acceptors (Lipinski definition) is 2. The Morgan fingerprint density at radius 3 is 1.10 bits per heavy atom. The number of hydrogen-bond donors (Lipinski definition) is 0. The highest BCUT2D eigenvalue weighted by molar-refractivity contribution is 7.99. The maximum absolute atomic E-state index is 2.58. The standard InChI is InChI=1S/C70H55NS/c1-67(2,3)45-32-38-65-62(40-45)70(63-41-46(68(4,5)6)33-39-66(63)72-65)59-30-18-13-26-53(59)55-37-35-48(43-61(55)70)71(64-31-19-14-22-49(64)44-20-8-7-9-21-44)47-34-36-54-52-25-12-17-29-58(52)69(60(54)42-47)56-27-15-10-23-50(56)51-24-11-16-28-57(51)69/h7-43H,1-6H3. The molecular formula is C70H55NS. The summed E-state index contributed by atoms with van der Waals surface area (Å²) >= 11 is 1.93. The van der Waals surface area contributed by atoms with Crippen molar-refractivity contribution >= 4 is 28.8 Å². The lowest BCUT2D eigenvalue weighted by Gasteiger charge is -2.41. The summed E-state index contributed by atoms with van der Waals surface area (Å²) in [5.41, 5.74) is 25.9. The highest BCUT2D eigenvalue weighted by Crippen LogP contribution is 2.66. The first-order chi connectivity index (χ1) is 35.0. The molecule has 10 aromatic carbocycles. The SMILES string of the molecule is CC(C)(C)c1ccc2c(c1)C1(c3cc(C(C)(C)C)ccc3S2)c2ccccc2-c2ccc(N(c3ccc4c(c3)C3(c5ccccc5-c5ccccc53)c3ccccc3-4)c3ccccc3-c3ccccc3)cc21. The van der Waals surface area contributed by atoms with E-state index < -0.39 is 10.8 Å². The van der Waals surface area contributed by atoms with E-state index >= 15 is 0 Å². The van der Waals surface area contributed by atoms with Crippen molar-refractivity contribution in [3.63, 3.8) is 0 Å². The van der Waals surface area contributed by atoms with E-state index in [4.69, 9.17) is 0 Å². The van der Waals surface area contributed by atoms with Crippen LogP contribution < -0.4 is 4.90 Å². The molecule has 10 aromatic rings. The maximum atomic E-state index is 2.58. The Morgan fingerprint density at radius 1 is 0.306 bits per heavy atom. The predicted molar refractivity (Wildman–Crippen MR) is 302 cm³/mol. The van der Waals surface area contributed by atoms with Crippen LogP contribution >= 0.6 is 11.8 Å². The molecule has 0 saturated carbocycles. The molecule has 1 heterocycles. The molecule has 0 saturated heterocycles. The molecule has 0 bridgehead atoms. The molecule has 1 nitrogen and oxygen atoms in total. The Bertz CT molecular complexity index is 3750. The quantitative estimate of drug-likeness (QED) is 0.173.